The summed E-state index contributed by atoms with van der Waals surface area (Å²) < 4.78 is 13.5. The SMILES string of the molecule is [2H]C([2H])=CC/C(C#N)=C/CC#N. The predicted molar refractivity (Wildman–Crippen MR) is 38.7 cm³/mol. The van der Waals surface area contributed by atoms with Crippen LogP contribution in [-0.2, 0) is 0 Å². The highest BCUT2D eigenvalue weighted by atomic mass is 14.2. The Morgan fingerprint density at radius 2 is 2.50 bits per heavy atom. The maximum Gasteiger partial charge on any atom is 0.0947 e. The Hall–Kier alpha value is -1.54. The summed E-state index contributed by atoms with van der Waals surface area (Å²) in [4.78, 5) is 0. The number of nitrogens with zero attached hydrogens (tertiary/aromatic N) is 2. The quantitative estimate of drug-likeness (QED) is 0.437. The number of rotatable bonds is 3. The average Bonchev–Trinajstić information content (AvgIpc) is 2.05. The van der Waals surface area contributed by atoms with Crippen LogP contribution < -0.4 is 0 Å². The Morgan fingerprint density at radius 3 is 3.00 bits per heavy atom. The highest BCUT2D eigenvalue weighted by Gasteiger charge is 1.88. The first kappa shape index (κ1) is 5.26. The first-order chi connectivity index (χ1) is 5.70. The Kier molecular flexibility index (Phi) is 2.94. The van der Waals surface area contributed by atoms with Gasteiger partial charge in [0.05, 0.1) is 21.3 Å². The molecule has 0 aliphatic heterocycles. The van der Waals surface area contributed by atoms with Gasteiger partial charge in [-0.3, -0.25) is 0 Å². The molecule has 0 atom stereocenters. The van der Waals surface area contributed by atoms with Crippen LogP contribution in [0.3, 0.4) is 0 Å². The van der Waals surface area contributed by atoms with Gasteiger partial charge in [0.1, 0.15) is 0 Å². The molecule has 0 heterocycles. The molecule has 2 nitrogen and oxygen atoms in total. The van der Waals surface area contributed by atoms with Gasteiger partial charge in [-0.25, -0.2) is 0 Å². The van der Waals surface area contributed by atoms with Gasteiger partial charge in [0.2, 0.25) is 0 Å². The molecule has 0 saturated heterocycles. The highest BCUT2D eigenvalue weighted by Crippen LogP contribution is 2.00. The Balaban J connectivity index is 4.14. The maximum absolute atomic E-state index is 8.49. The number of hydrogen-bond acceptors (Lipinski definition) is 2. The largest absolute Gasteiger partial charge is 0.198 e. The lowest BCUT2D eigenvalue weighted by molar-refractivity contribution is 1.23. The Bertz CT molecular complexity index is 274. The standard InChI is InChI=1S/C8H8N2/c1-2-4-8(7-10)5-3-6-9/h2,5H,1,3-4H2/b8-5-/i1D2. The number of allylic oxidation sites excluding steroid dienone is 3. The Labute approximate surface area is 63.5 Å². The van der Waals surface area contributed by atoms with E-state index in [9.17, 15) is 0 Å². The summed E-state index contributed by atoms with van der Waals surface area (Å²) >= 11 is 0. The van der Waals surface area contributed by atoms with Crippen LogP contribution in [0.1, 0.15) is 15.6 Å². The molecular weight excluding hydrogens is 124 g/mol. The van der Waals surface area contributed by atoms with Crippen molar-refractivity contribution in [3.8, 4) is 12.1 Å². The van der Waals surface area contributed by atoms with Crippen LogP contribution in [0.5, 0.6) is 0 Å². The van der Waals surface area contributed by atoms with E-state index in [0.29, 0.717) is 5.57 Å². The fourth-order valence-electron chi connectivity index (χ4n) is 0.453. The second kappa shape index (κ2) is 5.59. The highest BCUT2D eigenvalue weighted by molar-refractivity contribution is 5.23. The van der Waals surface area contributed by atoms with Crippen molar-refractivity contribution in [3.05, 3.63) is 24.3 Å². The van der Waals surface area contributed by atoms with E-state index in [-0.39, 0.29) is 19.4 Å². The molecule has 0 spiro atoms. The molecule has 0 aromatic heterocycles. The number of nitriles is 2. The van der Waals surface area contributed by atoms with Crippen LogP contribution in [0.25, 0.3) is 0 Å². The van der Waals surface area contributed by atoms with Crippen LogP contribution in [0.2, 0.25) is 0 Å². The minimum Gasteiger partial charge on any atom is -0.198 e. The minimum atomic E-state index is -0.312. The van der Waals surface area contributed by atoms with Gasteiger partial charge in [-0.1, -0.05) is 12.2 Å². The molecule has 0 N–H and O–H groups in total. The summed E-state index contributed by atoms with van der Waals surface area (Å²) in [6.45, 7) is -0.312. The van der Waals surface area contributed by atoms with Gasteiger partial charge in [0.15, 0.2) is 0 Å². The minimum absolute atomic E-state index is 0.196. The fourth-order valence-corrected chi connectivity index (χ4v) is 0.453. The monoisotopic (exact) mass is 134 g/mol. The Morgan fingerprint density at radius 1 is 1.70 bits per heavy atom. The van der Waals surface area contributed by atoms with E-state index >= 15 is 0 Å². The van der Waals surface area contributed by atoms with Crippen molar-refractivity contribution in [2.75, 3.05) is 0 Å². The second-order valence-corrected chi connectivity index (χ2v) is 1.61. The topological polar surface area (TPSA) is 47.6 Å². The van der Waals surface area contributed by atoms with Gasteiger partial charge < -0.3 is 0 Å². The van der Waals surface area contributed by atoms with Crippen molar-refractivity contribution in [2.45, 2.75) is 12.8 Å². The summed E-state index contributed by atoms with van der Waals surface area (Å²) in [5.74, 6) is 0. The van der Waals surface area contributed by atoms with Crippen molar-refractivity contribution in [3.63, 3.8) is 0 Å². The van der Waals surface area contributed by atoms with E-state index in [0.717, 1.165) is 0 Å². The molecule has 0 aromatic rings. The van der Waals surface area contributed by atoms with Crippen LogP contribution in [0, 0.1) is 22.7 Å². The molecule has 2 heteroatoms. The molecule has 0 rings (SSSR count). The van der Waals surface area contributed by atoms with Crippen molar-refractivity contribution >= 4 is 0 Å². The molecule has 0 saturated carbocycles. The lowest BCUT2D eigenvalue weighted by Crippen LogP contribution is -1.74. The normalized spacial score (nSPS) is 12.0. The molecule has 0 aromatic carbocycles. The summed E-state index contributed by atoms with van der Waals surface area (Å²) in [5, 5.41) is 16.7. The summed E-state index contributed by atoms with van der Waals surface area (Å²) in [5.41, 5.74) is 0.425. The zero-order valence-electron chi connectivity index (χ0n) is 7.46. The third-order valence-electron chi connectivity index (χ3n) is 0.905. The molecule has 0 bridgehead atoms. The fraction of sp³-hybridized carbons (Fsp3) is 0.250. The van der Waals surface area contributed by atoms with Crippen LogP contribution in [0.15, 0.2) is 24.3 Å². The molecular formula is C8H8N2. The van der Waals surface area contributed by atoms with E-state index in [1.807, 2.05) is 12.1 Å². The van der Waals surface area contributed by atoms with Crippen molar-refractivity contribution in [2.24, 2.45) is 0 Å². The third kappa shape index (κ3) is 3.46. The van der Waals surface area contributed by atoms with Gasteiger partial charge >= 0.3 is 0 Å². The van der Waals surface area contributed by atoms with E-state index in [1.54, 1.807) is 0 Å². The van der Waals surface area contributed by atoms with E-state index in [1.165, 1.54) is 12.2 Å². The zero-order chi connectivity index (χ0) is 9.40. The molecule has 0 radical (unpaired) electrons. The van der Waals surface area contributed by atoms with Crippen molar-refractivity contribution < 1.29 is 2.74 Å². The van der Waals surface area contributed by atoms with E-state index in [4.69, 9.17) is 13.3 Å². The molecule has 10 heavy (non-hydrogen) atoms. The molecule has 0 aliphatic carbocycles. The van der Waals surface area contributed by atoms with Crippen LogP contribution in [-0.4, -0.2) is 0 Å². The second-order valence-electron chi connectivity index (χ2n) is 1.61. The van der Waals surface area contributed by atoms with Gasteiger partial charge in [-0.15, -0.1) is 6.53 Å². The lowest BCUT2D eigenvalue weighted by atomic mass is 10.2. The predicted octanol–water partition coefficient (Wildman–Crippen LogP) is 1.93. The van der Waals surface area contributed by atoms with Gasteiger partial charge in [0, 0.05) is 5.57 Å². The first-order valence-corrected chi connectivity index (χ1v) is 2.80. The first-order valence-electron chi connectivity index (χ1n) is 3.80. The summed E-state index contributed by atoms with van der Waals surface area (Å²) in [6, 6.07) is 3.77. The molecule has 0 aliphatic rings. The lowest BCUT2D eigenvalue weighted by Gasteiger charge is -1.86. The van der Waals surface area contributed by atoms with Crippen LogP contribution in [0.4, 0.5) is 0 Å². The van der Waals surface area contributed by atoms with Gasteiger partial charge in [0.25, 0.3) is 0 Å². The van der Waals surface area contributed by atoms with E-state index in [2.05, 4.69) is 0 Å². The molecule has 50 valence electrons. The van der Waals surface area contributed by atoms with Gasteiger partial charge in [-0.05, 0) is 6.42 Å². The van der Waals surface area contributed by atoms with Gasteiger partial charge in [-0.2, -0.15) is 10.5 Å². The smallest absolute Gasteiger partial charge is 0.0947 e. The zero-order valence-corrected chi connectivity index (χ0v) is 5.46. The van der Waals surface area contributed by atoms with E-state index < -0.39 is 0 Å². The summed E-state index contributed by atoms with van der Waals surface area (Å²) in [7, 11) is 0. The molecule has 0 amide bonds. The number of hydrogen-bond donors (Lipinski definition) is 0. The average molecular weight is 134 g/mol. The maximum atomic E-state index is 8.49. The third-order valence-corrected chi connectivity index (χ3v) is 0.905. The van der Waals surface area contributed by atoms with Crippen molar-refractivity contribution in [1.82, 2.24) is 0 Å². The van der Waals surface area contributed by atoms with Crippen LogP contribution >= 0.6 is 0 Å². The molecule has 0 fully saturated rings. The molecule has 0 unspecified atom stereocenters. The van der Waals surface area contributed by atoms with Crippen molar-refractivity contribution in [1.29, 1.82) is 10.5 Å². The summed E-state index contributed by atoms with van der Waals surface area (Å²) in [6.07, 6.45) is 3.27.